The minimum Gasteiger partial charge on any atom is -0.506 e. The molecule has 2 amide bonds. The van der Waals surface area contributed by atoms with Gasteiger partial charge in [-0.05, 0) is 74.0 Å². The van der Waals surface area contributed by atoms with E-state index in [4.69, 9.17) is 23.2 Å². The van der Waals surface area contributed by atoms with Crippen molar-refractivity contribution in [1.29, 1.82) is 0 Å². The average Bonchev–Trinajstić information content (AvgIpc) is 2.99. The van der Waals surface area contributed by atoms with Gasteiger partial charge < -0.3 is 25.2 Å². The molecule has 0 saturated carbocycles. The second kappa shape index (κ2) is 14.5. The number of aromatic hydroxyl groups is 1. The number of nitrogens with one attached hydrogen (secondary N) is 2. The molecule has 224 valence electrons. The molecule has 2 aromatic heterocycles. The van der Waals surface area contributed by atoms with Crippen molar-refractivity contribution in [2.24, 2.45) is 0 Å². The van der Waals surface area contributed by atoms with E-state index >= 15 is 0 Å². The van der Waals surface area contributed by atoms with Crippen molar-refractivity contribution in [3.63, 3.8) is 0 Å². The van der Waals surface area contributed by atoms with Gasteiger partial charge in [-0.25, -0.2) is 4.98 Å². The van der Waals surface area contributed by atoms with Crippen LogP contribution in [0.1, 0.15) is 40.0 Å². The number of hydrogen-bond acceptors (Lipinski definition) is 6. The van der Waals surface area contributed by atoms with Crippen LogP contribution in [0.4, 0.5) is 11.5 Å². The van der Waals surface area contributed by atoms with Gasteiger partial charge in [0, 0.05) is 47.7 Å². The van der Waals surface area contributed by atoms with Gasteiger partial charge in [0.05, 0.1) is 16.3 Å². The number of nitrogens with zero attached hydrogens (tertiary/aromatic N) is 3. The molecule has 0 unspecified atom stereocenters. The lowest BCUT2D eigenvalue weighted by atomic mass is 10.0. The highest BCUT2D eigenvalue weighted by molar-refractivity contribution is 6.32. The first-order valence-corrected chi connectivity index (χ1v) is 14.3. The Morgan fingerprint density at radius 2 is 1.63 bits per heavy atom. The zero-order valence-corrected chi connectivity index (χ0v) is 25.4. The predicted octanol–water partition coefficient (Wildman–Crippen LogP) is 6.34. The van der Waals surface area contributed by atoms with E-state index < -0.39 is 11.8 Å². The van der Waals surface area contributed by atoms with Crippen LogP contribution in [0.25, 0.3) is 11.1 Å². The van der Waals surface area contributed by atoms with Gasteiger partial charge in [-0.2, -0.15) is 0 Å². The Morgan fingerprint density at radius 1 is 0.884 bits per heavy atom. The summed E-state index contributed by atoms with van der Waals surface area (Å²) < 4.78 is 1.72. The number of pyridine rings is 2. The fourth-order valence-corrected chi connectivity index (χ4v) is 5.21. The Balaban J connectivity index is 0.00000423. The Hall–Kier alpha value is -3.89. The van der Waals surface area contributed by atoms with Gasteiger partial charge in [0.15, 0.2) is 0 Å². The first-order valence-electron chi connectivity index (χ1n) is 13.6. The van der Waals surface area contributed by atoms with Gasteiger partial charge in [-0.3, -0.25) is 14.4 Å². The van der Waals surface area contributed by atoms with Crippen LogP contribution in [0, 0.1) is 0 Å². The van der Waals surface area contributed by atoms with Crippen molar-refractivity contribution >= 4 is 58.9 Å². The van der Waals surface area contributed by atoms with Crippen LogP contribution in [0.15, 0.2) is 77.9 Å². The van der Waals surface area contributed by atoms with Crippen LogP contribution in [-0.4, -0.2) is 51.0 Å². The summed E-state index contributed by atoms with van der Waals surface area (Å²) in [5.41, 5.74) is 1.21. The lowest BCUT2D eigenvalue weighted by molar-refractivity contribution is 0.102. The van der Waals surface area contributed by atoms with Crippen molar-refractivity contribution in [2.75, 3.05) is 30.3 Å². The summed E-state index contributed by atoms with van der Waals surface area (Å²) in [6, 6.07) is 15.8. The number of hydrogen-bond donors (Lipinski definition) is 3. The maximum Gasteiger partial charge on any atom is 0.259 e. The molecule has 1 saturated heterocycles. The number of rotatable bonds is 8. The zero-order chi connectivity index (χ0) is 29.6. The first kappa shape index (κ1) is 32.0. The number of carbonyl (C=O) groups is 2. The molecule has 0 spiro atoms. The molecule has 1 aliphatic heterocycles. The minimum atomic E-state index is -0.645. The summed E-state index contributed by atoms with van der Waals surface area (Å²) in [7, 11) is 0. The monoisotopic (exact) mass is 641 g/mol. The summed E-state index contributed by atoms with van der Waals surface area (Å²) in [5.74, 6) is -1.36. The number of phenols is 1. The molecule has 0 aliphatic carbocycles. The van der Waals surface area contributed by atoms with E-state index in [1.165, 1.54) is 43.7 Å². The smallest absolute Gasteiger partial charge is 0.259 e. The summed E-state index contributed by atoms with van der Waals surface area (Å²) in [5, 5.41) is 16.2. The fraction of sp³-hybridized carbons (Fsp3) is 0.226. The molecular weight excluding hydrogens is 613 g/mol. The number of benzene rings is 2. The van der Waals surface area contributed by atoms with E-state index in [0.717, 1.165) is 19.6 Å². The predicted molar refractivity (Wildman–Crippen MR) is 172 cm³/mol. The van der Waals surface area contributed by atoms with E-state index in [0.29, 0.717) is 22.7 Å². The average molecular weight is 643 g/mol. The molecule has 0 radical (unpaired) electrons. The van der Waals surface area contributed by atoms with Gasteiger partial charge in [0.2, 0.25) is 0 Å². The lowest BCUT2D eigenvalue weighted by Gasteiger charge is -2.26. The van der Waals surface area contributed by atoms with E-state index in [9.17, 15) is 19.5 Å². The first-order chi connectivity index (χ1) is 20.3. The maximum atomic E-state index is 13.2. The number of amides is 2. The maximum absolute atomic E-state index is 13.2. The Kier molecular flexibility index (Phi) is 10.8. The van der Waals surface area contributed by atoms with Gasteiger partial charge in [-0.1, -0.05) is 41.8 Å². The lowest BCUT2D eigenvalue weighted by Crippen LogP contribution is -2.34. The fourth-order valence-electron chi connectivity index (χ4n) is 4.89. The minimum absolute atomic E-state index is 0. The molecule has 3 N–H and O–H groups in total. The van der Waals surface area contributed by atoms with Crippen LogP contribution in [0.3, 0.4) is 0 Å². The molecule has 2 aromatic carbocycles. The quantitative estimate of drug-likeness (QED) is 0.193. The van der Waals surface area contributed by atoms with E-state index in [1.54, 1.807) is 47.2 Å². The topological polar surface area (TPSA) is 117 Å². The van der Waals surface area contributed by atoms with Crippen LogP contribution in [-0.2, 0) is 6.54 Å². The van der Waals surface area contributed by atoms with Gasteiger partial charge in [-0.15, -0.1) is 12.4 Å². The highest BCUT2D eigenvalue weighted by atomic mass is 35.5. The van der Waals surface area contributed by atoms with E-state index in [-0.39, 0.29) is 51.4 Å². The van der Waals surface area contributed by atoms with Crippen molar-refractivity contribution < 1.29 is 14.7 Å². The van der Waals surface area contributed by atoms with Crippen LogP contribution in [0.2, 0.25) is 10.0 Å². The number of likely N-dealkylation sites (tertiary alicyclic amines) is 1. The summed E-state index contributed by atoms with van der Waals surface area (Å²) >= 11 is 11.9. The third-order valence-corrected chi connectivity index (χ3v) is 7.56. The zero-order valence-electron chi connectivity index (χ0n) is 23.1. The Labute approximate surface area is 264 Å². The van der Waals surface area contributed by atoms with Crippen LogP contribution >= 0.6 is 35.6 Å². The van der Waals surface area contributed by atoms with Crippen molar-refractivity contribution in [1.82, 2.24) is 14.5 Å². The van der Waals surface area contributed by atoms with Crippen LogP contribution < -0.4 is 16.2 Å². The van der Waals surface area contributed by atoms with Gasteiger partial charge in [0.25, 0.3) is 17.4 Å². The highest BCUT2D eigenvalue weighted by Gasteiger charge is 2.20. The molecule has 1 aliphatic rings. The van der Waals surface area contributed by atoms with E-state index in [1.807, 2.05) is 6.07 Å². The molecule has 3 heterocycles. The molecule has 43 heavy (non-hydrogen) atoms. The molecule has 4 aromatic rings. The SMILES string of the molecule is Cl.O=C(Nc1c(O)cc(Cl)cc1C(=O)Nc1ccc(Cl)cn1)c1ccc(-c2cccn(CCN3CCCCC3)c2=O)cc1. The largest absolute Gasteiger partial charge is 0.506 e. The summed E-state index contributed by atoms with van der Waals surface area (Å²) in [6.45, 7) is 3.58. The second-order valence-corrected chi connectivity index (χ2v) is 10.9. The highest BCUT2D eigenvalue weighted by Crippen LogP contribution is 2.33. The van der Waals surface area contributed by atoms with Gasteiger partial charge in [0.1, 0.15) is 11.6 Å². The van der Waals surface area contributed by atoms with Crippen molar-refractivity contribution in [3.8, 4) is 16.9 Å². The van der Waals surface area contributed by atoms with Crippen molar-refractivity contribution in [2.45, 2.75) is 25.8 Å². The molecular formula is C31H30Cl3N5O4. The number of aromatic nitrogens is 2. The standard InChI is InChI=1S/C31H29Cl2N5O4.ClH/c32-22-10-11-27(34-19-22)35-30(41)25-17-23(33)18-26(39)28(25)36-29(40)21-8-6-20(7-9-21)24-5-4-14-38(31(24)42)16-15-37-12-2-1-3-13-37;/h4-11,14,17-19,39H,1-3,12-13,15-16H2,(H,36,40)(H,34,35,41);1H. The second-order valence-electron chi connectivity index (χ2n) is 10.0. The third kappa shape index (κ3) is 7.94. The molecule has 1 fully saturated rings. The molecule has 5 rings (SSSR count). The number of halogens is 3. The molecule has 0 bridgehead atoms. The normalized spacial score (nSPS) is 13.2. The number of piperidine rings is 1. The van der Waals surface area contributed by atoms with E-state index in [2.05, 4.69) is 20.5 Å². The summed E-state index contributed by atoms with van der Waals surface area (Å²) in [4.78, 5) is 45.8. The number of carbonyl (C=O) groups excluding carboxylic acids is 2. The van der Waals surface area contributed by atoms with Crippen LogP contribution in [0.5, 0.6) is 5.75 Å². The number of phenolic OH excluding ortho intramolecular Hbond substituents is 1. The Morgan fingerprint density at radius 3 is 2.33 bits per heavy atom. The summed E-state index contributed by atoms with van der Waals surface area (Å²) in [6.07, 6.45) is 6.83. The third-order valence-electron chi connectivity index (χ3n) is 7.12. The molecule has 12 heteroatoms. The molecule has 9 nitrogen and oxygen atoms in total. The van der Waals surface area contributed by atoms with Crippen molar-refractivity contribution in [3.05, 3.63) is 105 Å². The van der Waals surface area contributed by atoms with Gasteiger partial charge >= 0.3 is 0 Å². The number of anilines is 2. The Bertz CT molecular complexity index is 1650. The molecule has 0 atom stereocenters.